The van der Waals surface area contributed by atoms with Crippen molar-refractivity contribution in [1.82, 2.24) is 5.32 Å². The first kappa shape index (κ1) is 16.6. The van der Waals surface area contributed by atoms with Crippen LogP contribution in [0.5, 0.6) is 0 Å². The quantitative estimate of drug-likeness (QED) is 0.807. The summed E-state index contributed by atoms with van der Waals surface area (Å²) in [7, 11) is 0. The van der Waals surface area contributed by atoms with Crippen LogP contribution in [0.15, 0.2) is 28.7 Å². The fourth-order valence-electron chi connectivity index (χ4n) is 6.00. The van der Waals surface area contributed by atoms with E-state index in [4.69, 9.17) is 4.74 Å². The molecule has 5 atom stereocenters. The summed E-state index contributed by atoms with van der Waals surface area (Å²) in [5, 5.41) is 3.33. The Morgan fingerprint density at radius 1 is 1.33 bits per heavy atom. The van der Waals surface area contributed by atoms with Crippen molar-refractivity contribution >= 4 is 21.8 Å². The Hall–Kier alpha value is -0.870. The van der Waals surface area contributed by atoms with Gasteiger partial charge in [-0.1, -0.05) is 48.0 Å². The number of nitrogens with one attached hydrogen (secondary N) is 1. The van der Waals surface area contributed by atoms with Crippen molar-refractivity contribution in [3.05, 3.63) is 34.3 Å². The Bertz CT molecular complexity index is 673. The minimum Gasteiger partial charge on any atom is -0.373 e. The number of halogens is 1. The van der Waals surface area contributed by atoms with Gasteiger partial charge in [-0.3, -0.25) is 4.79 Å². The summed E-state index contributed by atoms with van der Waals surface area (Å²) in [6.07, 6.45) is 3.62. The van der Waals surface area contributed by atoms with Crippen LogP contribution in [0, 0.1) is 22.7 Å². The van der Waals surface area contributed by atoms with Crippen LogP contribution in [-0.2, 0) is 9.53 Å². The highest BCUT2D eigenvalue weighted by atomic mass is 79.9. The number of amides is 1. The van der Waals surface area contributed by atoms with Gasteiger partial charge in [0.15, 0.2) is 0 Å². The zero-order valence-corrected chi connectivity index (χ0v) is 16.2. The molecule has 1 aromatic rings. The van der Waals surface area contributed by atoms with Crippen LogP contribution in [-0.4, -0.2) is 18.6 Å². The Balaban J connectivity index is 1.74. The SMILES string of the molecule is CC(=O)N[C@@H]1C(C)(C)[C@@H]2C[C@@H]3[C@@H](c4ccccc4Br)OCC[C@@]31C2. The predicted octanol–water partition coefficient (Wildman–Crippen LogP) is 4.47. The van der Waals surface area contributed by atoms with Crippen LogP contribution >= 0.6 is 15.9 Å². The zero-order valence-electron chi connectivity index (χ0n) is 14.6. The van der Waals surface area contributed by atoms with E-state index >= 15 is 0 Å². The van der Waals surface area contributed by atoms with Gasteiger partial charge in [0, 0.05) is 24.0 Å². The molecule has 0 radical (unpaired) electrons. The second-order valence-electron chi connectivity index (χ2n) is 8.49. The lowest BCUT2D eigenvalue weighted by Gasteiger charge is -2.53. The van der Waals surface area contributed by atoms with Gasteiger partial charge in [0.05, 0.1) is 6.10 Å². The minimum absolute atomic E-state index is 0.0951. The minimum atomic E-state index is 0.0951. The normalized spacial score (nSPS) is 39.5. The van der Waals surface area contributed by atoms with Gasteiger partial charge in [-0.2, -0.15) is 0 Å². The van der Waals surface area contributed by atoms with Gasteiger partial charge in [0.1, 0.15) is 0 Å². The van der Waals surface area contributed by atoms with Crippen LogP contribution in [0.1, 0.15) is 51.7 Å². The van der Waals surface area contributed by atoms with Crippen LogP contribution in [0.3, 0.4) is 0 Å². The highest BCUT2D eigenvalue weighted by Gasteiger charge is 2.68. The van der Waals surface area contributed by atoms with Gasteiger partial charge < -0.3 is 10.1 Å². The molecule has 1 amide bonds. The van der Waals surface area contributed by atoms with Crippen molar-refractivity contribution in [2.75, 3.05) is 6.61 Å². The first-order valence-corrected chi connectivity index (χ1v) is 9.79. The molecule has 24 heavy (non-hydrogen) atoms. The van der Waals surface area contributed by atoms with E-state index in [0.717, 1.165) is 17.5 Å². The van der Waals surface area contributed by atoms with Crippen LogP contribution in [0.2, 0.25) is 0 Å². The maximum atomic E-state index is 11.9. The molecule has 1 aromatic carbocycles. The molecule has 3 aliphatic rings. The van der Waals surface area contributed by atoms with Crippen LogP contribution in [0.25, 0.3) is 0 Å². The zero-order chi connectivity index (χ0) is 17.1. The Labute approximate surface area is 152 Å². The van der Waals surface area contributed by atoms with Gasteiger partial charge in [-0.25, -0.2) is 0 Å². The van der Waals surface area contributed by atoms with Gasteiger partial charge in [-0.05, 0) is 53.6 Å². The molecule has 0 unspecified atom stereocenters. The van der Waals surface area contributed by atoms with Crippen molar-refractivity contribution in [3.63, 3.8) is 0 Å². The molecule has 1 spiro atoms. The molecule has 4 rings (SSSR count). The maximum Gasteiger partial charge on any atom is 0.217 e. The van der Waals surface area contributed by atoms with Gasteiger partial charge in [0.25, 0.3) is 0 Å². The fraction of sp³-hybridized carbons (Fsp3) is 0.650. The van der Waals surface area contributed by atoms with Crippen LogP contribution < -0.4 is 5.32 Å². The fourth-order valence-corrected chi connectivity index (χ4v) is 6.51. The van der Waals surface area contributed by atoms with E-state index < -0.39 is 0 Å². The average molecular weight is 392 g/mol. The maximum absolute atomic E-state index is 11.9. The smallest absolute Gasteiger partial charge is 0.217 e. The van der Waals surface area contributed by atoms with E-state index in [0.29, 0.717) is 11.8 Å². The molecule has 1 saturated heterocycles. The number of benzene rings is 1. The molecule has 4 heteroatoms. The Morgan fingerprint density at radius 2 is 2.08 bits per heavy atom. The average Bonchev–Trinajstić information content (AvgIpc) is 3.01. The first-order valence-electron chi connectivity index (χ1n) is 8.99. The number of fused-ring (bicyclic) bond motifs is 1. The molecular formula is C20H26BrNO2. The number of hydrogen-bond donors (Lipinski definition) is 1. The summed E-state index contributed by atoms with van der Waals surface area (Å²) in [5.74, 6) is 1.24. The second kappa shape index (κ2) is 5.57. The van der Waals surface area contributed by atoms with Crippen molar-refractivity contribution in [2.45, 2.75) is 52.2 Å². The molecule has 1 aliphatic heterocycles. The van der Waals surface area contributed by atoms with Gasteiger partial charge in [0.2, 0.25) is 5.91 Å². The summed E-state index contributed by atoms with van der Waals surface area (Å²) in [4.78, 5) is 11.9. The number of hydrogen-bond acceptors (Lipinski definition) is 2. The third kappa shape index (κ3) is 2.22. The van der Waals surface area contributed by atoms with E-state index in [1.165, 1.54) is 18.4 Å². The summed E-state index contributed by atoms with van der Waals surface area (Å²) >= 11 is 3.71. The molecule has 2 saturated carbocycles. The van der Waals surface area contributed by atoms with Crippen molar-refractivity contribution < 1.29 is 9.53 Å². The largest absolute Gasteiger partial charge is 0.373 e. The third-order valence-electron chi connectivity index (χ3n) is 7.06. The van der Waals surface area contributed by atoms with E-state index in [-0.39, 0.29) is 28.9 Å². The summed E-state index contributed by atoms with van der Waals surface area (Å²) in [5.41, 5.74) is 1.60. The topological polar surface area (TPSA) is 38.3 Å². The molecule has 1 N–H and O–H groups in total. The van der Waals surface area contributed by atoms with Crippen molar-refractivity contribution in [3.8, 4) is 0 Å². The molecule has 3 nitrogen and oxygen atoms in total. The number of ether oxygens (including phenoxy) is 1. The highest BCUT2D eigenvalue weighted by Crippen LogP contribution is 2.70. The van der Waals surface area contributed by atoms with E-state index in [9.17, 15) is 4.79 Å². The number of carbonyl (C=O) groups is 1. The molecule has 3 fully saturated rings. The predicted molar refractivity (Wildman–Crippen MR) is 97.5 cm³/mol. The van der Waals surface area contributed by atoms with Gasteiger partial charge >= 0.3 is 0 Å². The molecule has 2 aliphatic carbocycles. The first-order chi connectivity index (χ1) is 11.4. The Morgan fingerprint density at radius 3 is 2.79 bits per heavy atom. The highest BCUT2D eigenvalue weighted by molar-refractivity contribution is 9.10. The molecular weight excluding hydrogens is 366 g/mol. The molecule has 2 bridgehead atoms. The van der Waals surface area contributed by atoms with E-state index in [1.807, 2.05) is 0 Å². The lowest BCUT2D eigenvalue weighted by molar-refractivity contribution is -0.136. The second-order valence-corrected chi connectivity index (χ2v) is 9.35. The summed E-state index contributed by atoms with van der Waals surface area (Å²) in [6.45, 7) is 7.11. The monoisotopic (exact) mass is 391 g/mol. The molecule has 0 aromatic heterocycles. The lowest BCUT2D eigenvalue weighted by Crippen LogP contribution is -2.58. The molecule has 1 heterocycles. The molecule has 130 valence electrons. The summed E-state index contributed by atoms with van der Waals surface area (Å²) < 4.78 is 7.41. The third-order valence-corrected chi connectivity index (χ3v) is 7.79. The van der Waals surface area contributed by atoms with Gasteiger partial charge in [-0.15, -0.1) is 0 Å². The van der Waals surface area contributed by atoms with E-state index in [2.05, 4.69) is 59.4 Å². The standard InChI is InChI=1S/C20H26BrNO2/c1-12(23)22-18-19(2,3)13-10-15-17(14-6-4-5-7-16(14)21)24-9-8-20(15,18)11-13/h4-7,13,15,17-18H,8-11H2,1-3H3,(H,22,23)/t13-,15-,17-,18-,20-/m1/s1. The Kier molecular flexibility index (Phi) is 3.85. The summed E-state index contributed by atoms with van der Waals surface area (Å²) in [6, 6.07) is 8.67. The van der Waals surface area contributed by atoms with Crippen LogP contribution in [0.4, 0.5) is 0 Å². The van der Waals surface area contributed by atoms with E-state index in [1.54, 1.807) is 6.92 Å². The lowest BCUT2D eigenvalue weighted by atomic mass is 9.59. The van der Waals surface area contributed by atoms with Crippen molar-refractivity contribution in [1.29, 1.82) is 0 Å². The van der Waals surface area contributed by atoms with Crippen molar-refractivity contribution in [2.24, 2.45) is 22.7 Å². The number of carbonyl (C=O) groups excluding carboxylic acids is 1. The number of rotatable bonds is 2.